The van der Waals surface area contributed by atoms with E-state index in [-0.39, 0.29) is 12.8 Å². The first kappa shape index (κ1) is 14.9. The first-order valence-corrected chi connectivity index (χ1v) is 6.57. The number of carboxylic acid groups (broad SMARTS) is 1. The minimum absolute atomic E-state index is 0.129. The van der Waals surface area contributed by atoms with E-state index < -0.39 is 27.3 Å². The monoisotopic (exact) mass is 248 g/mol. The molecule has 0 fully saturated rings. The van der Waals surface area contributed by atoms with Crippen LogP contribution in [0.2, 0.25) is 0 Å². The minimum atomic E-state index is -3.88. The Morgan fingerprint density at radius 1 is 1.50 bits per heavy atom. The first-order chi connectivity index (χ1) is 7.38. The van der Waals surface area contributed by atoms with E-state index in [1.807, 2.05) is 4.72 Å². The largest absolute Gasteiger partial charge is 0.480 e. The van der Waals surface area contributed by atoms with Crippen molar-refractivity contribution in [3.8, 4) is 6.07 Å². The van der Waals surface area contributed by atoms with Gasteiger partial charge >= 0.3 is 5.97 Å². The zero-order valence-corrected chi connectivity index (χ0v) is 10.1. The second kappa shape index (κ2) is 6.45. The summed E-state index contributed by atoms with van der Waals surface area (Å²) >= 11 is 0. The van der Waals surface area contributed by atoms with Gasteiger partial charge in [0.25, 0.3) is 0 Å². The zero-order chi connectivity index (χ0) is 12.8. The van der Waals surface area contributed by atoms with Gasteiger partial charge in [-0.1, -0.05) is 20.3 Å². The molecule has 0 aliphatic heterocycles. The van der Waals surface area contributed by atoms with E-state index in [0.29, 0.717) is 6.42 Å². The summed E-state index contributed by atoms with van der Waals surface area (Å²) in [6.45, 7) is 3.31. The van der Waals surface area contributed by atoms with Crippen LogP contribution in [0.5, 0.6) is 0 Å². The van der Waals surface area contributed by atoms with Gasteiger partial charge in [-0.2, -0.15) is 9.98 Å². The molecular weight excluding hydrogens is 232 g/mol. The maximum absolute atomic E-state index is 11.6. The van der Waals surface area contributed by atoms with Crippen molar-refractivity contribution in [1.29, 1.82) is 5.26 Å². The Morgan fingerprint density at radius 2 is 2.06 bits per heavy atom. The maximum atomic E-state index is 11.6. The van der Waals surface area contributed by atoms with Gasteiger partial charge < -0.3 is 5.11 Å². The average Bonchev–Trinajstić information content (AvgIpc) is 2.18. The highest BCUT2D eigenvalue weighted by atomic mass is 32.2. The number of sulfonamides is 1. The third-order valence-corrected chi connectivity index (χ3v) is 3.87. The van der Waals surface area contributed by atoms with Crippen LogP contribution >= 0.6 is 0 Å². The van der Waals surface area contributed by atoms with Crippen molar-refractivity contribution in [3.05, 3.63) is 0 Å². The predicted octanol–water partition coefficient (Wildman–Crippen LogP) is 0.461. The summed E-state index contributed by atoms with van der Waals surface area (Å²) < 4.78 is 25.2. The van der Waals surface area contributed by atoms with Crippen LogP contribution in [-0.2, 0) is 14.8 Å². The zero-order valence-electron chi connectivity index (χ0n) is 9.30. The normalized spacial score (nSPS) is 15.1. The fraction of sp³-hybridized carbons (Fsp3) is 0.778. The van der Waals surface area contributed by atoms with Crippen LogP contribution in [0.15, 0.2) is 0 Å². The number of hydrogen-bond acceptors (Lipinski definition) is 4. The quantitative estimate of drug-likeness (QED) is 0.680. The predicted molar refractivity (Wildman–Crippen MR) is 58.1 cm³/mol. The molecule has 0 bridgehead atoms. The van der Waals surface area contributed by atoms with Gasteiger partial charge in [-0.3, -0.25) is 4.79 Å². The highest BCUT2D eigenvalue weighted by Gasteiger charge is 2.29. The van der Waals surface area contributed by atoms with Gasteiger partial charge in [0, 0.05) is 0 Å². The lowest BCUT2D eigenvalue weighted by molar-refractivity contribution is -0.139. The van der Waals surface area contributed by atoms with Crippen molar-refractivity contribution in [2.45, 2.75) is 44.4 Å². The third-order valence-electron chi connectivity index (χ3n) is 2.07. The average molecular weight is 248 g/mol. The van der Waals surface area contributed by atoms with E-state index in [4.69, 9.17) is 10.4 Å². The molecule has 2 N–H and O–H groups in total. The van der Waals surface area contributed by atoms with Crippen LogP contribution < -0.4 is 4.72 Å². The van der Waals surface area contributed by atoms with Crippen LogP contribution in [0, 0.1) is 11.3 Å². The molecule has 0 spiro atoms. The molecule has 7 heteroatoms. The summed E-state index contributed by atoms with van der Waals surface area (Å²) in [5.41, 5.74) is 0. The summed E-state index contributed by atoms with van der Waals surface area (Å²) in [6, 6.07) is 0.480. The second-order valence-electron chi connectivity index (χ2n) is 3.37. The van der Waals surface area contributed by atoms with Crippen LogP contribution in [-0.4, -0.2) is 30.8 Å². The molecule has 6 nitrogen and oxygen atoms in total. The molecule has 0 aromatic carbocycles. The Kier molecular flexibility index (Phi) is 6.00. The molecule has 2 atom stereocenters. The van der Waals surface area contributed by atoms with Gasteiger partial charge in [0.2, 0.25) is 10.0 Å². The molecule has 0 saturated heterocycles. The van der Waals surface area contributed by atoms with E-state index >= 15 is 0 Å². The number of carbonyl (C=O) groups is 1. The summed E-state index contributed by atoms with van der Waals surface area (Å²) in [5.74, 6) is -1.22. The van der Waals surface area contributed by atoms with Gasteiger partial charge in [-0.15, -0.1) is 0 Å². The highest BCUT2D eigenvalue weighted by Crippen LogP contribution is 2.06. The molecule has 0 amide bonds. The summed E-state index contributed by atoms with van der Waals surface area (Å²) in [6.07, 6.45) is 0.879. The molecular formula is C9H16N2O4S. The topological polar surface area (TPSA) is 107 Å². The van der Waals surface area contributed by atoms with Gasteiger partial charge in [0.1, 0.15) is 6.04 Å². The Labute approximate surface area is 95.3 Å². The van der Waals surface area contributed by atoms with Crippen molar-refractivity contribution in [2.24, 2.45) is 0 Å². The fourth-order valence-electron chi connectivity index (χ4n) is 1.18. The van der Waals surface area contributed by atoms with Crippen molar-refractivity contribution in [3.63, 3.8) is 0 Å². The van der Waals surface area contributed by atoms with Crippen LogP contribution in [0.25, 0.3) is 0 Å². The molecule has 16 heavy (non-hydrogen) atoms. The lowest BCUT2D eigenvalue weighted by Crippen LogP contribution is -2.44. The number of nitriles is 1. The molecule has 0 aromatic heterocycles. The second-order valence-corrected chi connectivity index (χ2v) is 5.26. The van der Waals surface area contributed by atoms with Gasteiger partial charge in [-0.05, 0) is 12.8 Å². The Bertz CT molecular complexity index is 371. The molecule has 0 aliphatic rings. The first-order valence-electron chi connectivity index (χ1n) is 5.02. The highest BCUT2D eigenvalue weighted by molar-refractivity contribution is 7.90. The van der Waals surface area contributed by atoms with E-state index in [1.54, 1.807) is 19.9 Å². The number of carboxylic acids is 1. The molecule has 0 heterocycles. The van der Waals surface area contributed by atoms with Gasteiger partial charge in [0.05, 0.1) is 6.07 Å². The Hall–Kier alpha value is -1.13. The number of nitrogens with zero attached hydrogens (tertiary/aromatic N) is 1. The summed E-state index contributed by atoms with van der Waals surface area (Å²) in [4.78, 5) is 10.8. The van der Waals surface area contributed by atoms with Gasteiger partial charge in [-0.25, -0.2) is 8.42 Å². The number of nitrogens with one attached hydrogen (secondary N) is 1. The van der Waals surface area contributed by atoms with Crippen molar-refractivity contribution >= 4 is 16.0 Å². The third kappa shape index (κ3) is 4.16. The SMILES string of the molecule is CCCC(NS(=O)(=O)C(C#N)CC)C(=O)O. The molecule has 0 saturated carbocycles. The van der Waals surface area contributed by atoms with Crippen molar-refractivity contribution in [1.82, 2.24) is 4.72 Å². The molecule has 0 aromatic rings. The number of aliphatic carboxylic acids is 1. The summed E-state index contributed by atoms with van der Waals surface area (Å²) in [5, 5.41) is 16.2. The van der Waals surface area contributed by atoms with Crippen molar-refractivity contribution < 1.29 is 18.3 Å². The molecule has 0 rings (SSSR count). The minimum Gasteiger partial charge on any atom is -0.480 e. The van der Waals surface area contributed by atoms with Gasteiger partial charge in [0.15, 0.2) is 5.25 Å². The van der Waals surface area contributed by atoms with E-state index in [9.17, 15) is 13.2 Å². The Morgan fingerprint density at radius 3 is 2.38 bits per heavy atom. The number of hydrogen-bond donors (Lipinski definition) is 2. The molecule has 2 unspecified atom stereocenters. The number of rotatable bonds is 7. The van der Waals surface area contributed by atoms with E-state index in [0.717, 1.165) is 0 Å². The lowest BCUT2D eigenvalue weighted by Gasteiger charge is -2.15. The van der Waals surface area contributed by atoms with Crippen molar-refractivity contribution in [2.75, 3.05) is 0 Å². The molecule has 0 aliphatic carbocycles. The fourth-order valence-corrected chi connectivity index (χ4v) is 2.54. The standard InChI is InChI=1S/C9H16N2O4S/c1-3-5-8(9(12)13)11-16(14,15)7(4-2)6-10/h7-8,11H,3-5H2,1-2H3,(H,12,13). The van der Waals surface area contributed by atoms with E-state index in [2.05, 4.69) is 0 Å². The maximum Gasteiger partial charge on any atom is 0.321 e. The summed E-state index contributed by atoms with van der Waals surface area (Å²) in [7, 11) is -3.88. The van der Waals surface area contributed by atoms with Crippen LogP contribution in [0.4, 0.5) is 0 Å². The molecule has 0 radical (unpaired) electrons. The lowest BCUT2D eigenvalue weighted by atomic mass is 10.2. The van der Waals surface area contributed by atoms with Crippen LogP contribution in [0.1, 0.15) is 33.1 Å². The van der Waals surface area contributed by atoms with E-state index in [1.165, 1.54) is 0 Å². The smallest absolute Gasteiger partial charge is 0.321 e. The molecule has 92 valence electrons. The Balaban J connectivity index is 4.80. The van der Waals surface area contributed by atoms with Crippen LogP contribution in [0.3, 0.4) is 0 Å².